The van der Waals surface area contributed by atoms with Gasteiger partial charge in [0, 0.05) is 25.1 Å². The summed E-state index contributed by atoms with van der Waals surface area (Å²) in [6.45, 7) is 1.67. The average Bonchev–Trinajstić information content (AvgIpc) is 3.28. The van der Waals surface area contributed by atoms with Crippen LogP contribution in [0, 0.1) is 0 Å². The maximum atomic E-state index is 11.9. The van der Waals surface area contributed by atoms with E-state index in [9.17, 15) is 14.4 Å². The number of aliphatic carboxylic acids is 1. The van der Waals surface area contributed by atoms with Crippen molar-refractivity contribution in [3.8, 4) is 0 Å². The van der Waals surface area contributed by atoms with E-state index in [0.29, 0.717) is 5.75 Å². The lowest BCUT2D eigenvalue weighted by Gasteiger charge is -2.30. The molecule has 0 saturated carbocycles. The lowest BCUT2D eigenvalue weighted by Crippen LogP contribution is -2.46. The zero-order valence-electron chi connectivity index (χ0n) is 13.1. The van der Waals surface area contributed by atoms with Crippen LogP contribution in [0.5, 0.6) is 0 Å². The molecule has 0 spiro atoms. The van der Waals surface area contributed by atoms with Gasteiger partial charge in [0.05, 0.1) is 17.9 Å². The fraction of sp³-hybridized carbons (Fsp3) is 0.643. The molecule has 0 aliphatic carbocycles. The summed E-state index contributed by atoms with van der Waals surface area (Å²) in [7, 11) is 1.46. The van der Waals surface area contributed by atoms with Gasteiger partial charge in [0.1, 0.15) is 12.2 Å². The quantitative estimate of drug-likeness (QED) is 0.611. The summed E-state index contributed by atoms with van der Waals surface area (Å²) in [6.07, 6.45) is 0.543. The Balaban J connectivity index is 1.71. The zero-order chi connectivity index (χ0) is 17.5. The highest BCUT2D eigenvalue weighted by atomic mass is 32.2. The third kappa shape index (κ3) is 3.14. The van der Waals surface area contributed by atoms with Gasteiger partial charge in [-0.2, -0.15) is 0 Å². The molecule has 2 aliphatic rings. The van der Waals surface area contributed by atoms with E-state index in [1.165, 1.54) is 35.7 Å². The summed E-state index contributed by atoms with van der Waals surface area (Å²) in [6, 6.07) is 1.24. The number of carboxylic acids is 1. The number of epoxide rings is 1. The van der Waals surface area contributed by atoms with Crippen LogP contribution in [0.15, 0.2) is 21.9 Å². The molecular formula is C14H18N2O7S. The SMILES string of the molecule is CO[C@@]1(Cn2ccc(=O)[nH]c2=O)O[C@H](CSC(C)C(=O)O)[C@@H]2O[C@@H]21. The van der Waals surface area contributed by atoms with Crippen LogP contribution in [-0.2, 0) is 25.5 Å². The molecule has 3 rings (SSSR count). The van der Waals surface area contributed by atoms with E-state index in [2.05, 4.69) is 4.98 Å². The Morgan fingerprint density at radius 2 is 2.33 bits per heavy atom. The highest BCUT2D eigenvalue weighted by molar-refractivity contribution is 8.00. The summed E-state index contributed by atoms with van der Waals surface area (Å²) in [5, 5.41) is 8.39. The number of ether oxygens (including phenoxy) is 3. The number of fused-ring (bicyclic) bond motifs is 1. The molecule has 24 heavy (non-hydrogen) atoms. The van der Waals surface area contributed by atoms with E-state index in [0.717, 1.165) is 0 Å². The van der Waals surface area contributed by atoms with Crippen molar-refractivity contribution in [2.24, 2.45) is 0 Å². The van der Waals surface area contributed by atoms with Gasteiger partial charge in [-0.25, -0.2) is 4.79 Å². The van der Waals surface area contributed by atoms with E-state index in [1.807, 2.05) is 0 Å². The highest BCUT2D eigenvalue weighted by Gasteiger charge is 2.67. The molecule has 0 bridgehead atoms. The Morgan fingerprint density at radius 1 is 1.58 bits per heavy atom. The predicted molar refractivity (Wildman–Crippen MR) is 84.2 cm³/mol. The molecule has 2 saturated heterocycles. The molecule has 3 heterocycles. The molecule has 2 fully saturated rings. The maximum Gasteiger partial charge on any atom is 0.328 e. The molecule has 2 N–H and O–H groups in total. The minimum Gasteiger partial charge on any atom is -0.480 e. The van der Waals surface area contributed by atoms with Crippen molar-refractivity contribution in [2.75, 3.05) is 12.9 Å². The van der Waals surface area contributed by atoms with Gasteiger partial charge in [-0.1, -0.05) is 0 Å². The summed E-state index contributed by atoms with van der Waals surface area (Å²) < 4.78 is 18.4. The van der Waals surface area contributed by atoms with Crippen molar-refractivity contribution >= 4 is 17.7 Å². The van der Waals surface area contributed by atoms with Crippen LogP contribution < -0.4 is 11.2 Å². The fourth-order valence-corrected chi connectivity index (χ4v) is 3.63. The van der Waals surface area contributed by atoms with Crippen molar-refractivity contribution in [1.82, 2.24) is 9.55 Å². The molecule has 10 heteroatoms. The summed E-state index contributed by atoms with van der Waals surface area (Å²) >= 11 is 1.26. The van der Waals surface area contributed by atoms with Crippen LogP contribution in [0.2, 0.25) is 0 Å². The smallest absolute Gasteiger partial charge is 0.328 e. The summed E-state index contributed by atoms with van der Waals surface area (Å²) in [4.78, 5) is 36.1. The van der Waals surface area contributed by atoms with Crippen molar-refractivity contribution < 1.29 is 24.1 Å². The van der Waals surface area contributed by atoms with Crippen LogP contribution in [0.1, 0.15) is 6.92 Å². The van der Waals surface area contributed by atoms with Crippen LogP contribution in [0.4, 0.5) is 0 Å². The van der Waals surface area contributed by atoms with Gasteiger partial charge in [0.15, 0.2) is 0 Å². The van der Waals surface area contributed by atoms with E-state index in [1.54, 1.807) is 6.92 Å². The van der Waals surface area contributed by atoms with Gasteiger partial charge in [0.2, 0.25) is 5.79 Å². The van der Waals surface area contributed by atoms with E-state index in [-0.39, 0.29) is 24.9 Å². The number of hydrogen-bond acceptors (Lipinski definition) is 7. The van der Waals surface area contributed by atoms with Gasteiger partial charge >= 0.3 is 11.7 Å². The zero-order valence-corrected chi connectivity index (χ0v) is 13.9. The molecule has 2 aliphatic heterocycles. The van der Waals surface area contributed by atoms with E-state index in [4.69, 9.17) is 19.3 Å². The van der Waals surface area contributed by atoms with E-state index < -0.39 is 28.3 Å². The van der Waals surface area contributed by atoms with Gasteiger partial charge in [-0.05, 0) is 6.92 Å². The van der Waals surface area contributed by atoms with Crippen molar-refractivity contribution in [2.45, 2.75) is 42.8 Å². The number of H-pyrrole nitrogens is 1. The summed E-state index contributed by atoms with van der Waals surface area (Å²) in [5.74, 6) is -1.57. The Labute approximate surface area is 140 Å². The van der Waals surface area contributed by atoms with Crippen LogP contribution in [0.25, 0.3) is 0 Å². The first-order valence-electron chi connectivity index (χ1n) is 7.39. The fourth-order valence-electron chi connectivity index (χ4n) is 2.75. The molecule has 1 aromatic heterocycles. The molecule has 1 aromatic rings. The first-order valence-corrected chi connectivity index (χ1v) is 8.44. The second kappa shape index (κ2) is 6.36. The number of carbonyl (C=O) groups is 1. The van der Waals surface area contributed by atoms with Crippen LogP contribution in [0.3, 0.4) is 0 Å². The normalized spacial score (nSPS) is 32.3. The maximum absolute atomic E-state index is 11.9. The first kappa shape index (κ1) is 17.2. The third-order valence-corrected chi connectivity index (χ3v) is 5.39. The number of nitrogens with zero attached hydrogens (tertiary/aromatic N) is 1. The highest BCUT2D eigenvalue weighted by Crippen LogP contribution is 2.48. The average molecular weight is 358 g/mol. The van der Waals surface area contributed by atoms with Crippen molar-refractivity contribution in [3.05, 3.63) is 33.1 Å². The number of carboxylic acid groups (broad SMARTS) is 1. The van der Waals surface area contributed by atoms with Crippen molar-refractivity contribution in [3.63, 3.8) is 0 Å². The molecule has 132 valence electrons. The molecule has 9 nitrogen and oxygen atoms in total. The number of aromatic amines is 1. The predicted octanol–water partition coefficient (Wildman–Crippen LogP) is -0.748. The van der Waals surface area contributed by atoms with Gasteiger partial charge in [0.25, 0.3) is 5.56 Å². The number of thioether (sulfide) groups is 1. The number of nitrogens with one attached hydrogen (secondary N) is 1. The Kier molecular flexibility index (Phi) is 4.56. The molecular weight excluding hydrogens is 340 g/mol. The number of aromatic nitrogens is 2. The van der Waals surface area contributed by atoms with Gasteiger partial charge in [-0.3, -0.25) is 19.1 Å². The van der Waals surface area contributed by atoms with Crippen LogP contribution in [-0.4, -0.2) is 62.8 Å². The topological polar surface area (TPSA) is 123 Å². The molecule has 0 amide bonds. The molecule has 0 radical (unpaired) electrons. The molecule has 5 atom stereocenters. The Hall–Kier alpha value is -1.62. The number of methoxy groups -OCH3 is 1. The van der Waals surface area contributed by atoms with Gasteiger partial charge in [-0.15, -0.1) is 11.8 Å². The lowest BCUT2D eigenvalue weighted by molar-refractivity contribution is -0.250. The Bertz CT molecular complexity index is 747. The van der Waals surface area contributed by atoms with Gasteiger partial charge < -0.3 is 19.3 Å². The lowest BCUT2D eigenvalue weighted by atomic mass is 10.1. The second-order valence-electron chi connectivity index (χ2n) is 5.75. The third-order valence-electron chi connectivity index (χ3n) is 4.17. The standard InChI is InChI=1S/C14H18N2O7S/c1-7(12(18)19)24-5-8-10-11(22-10)14(21-2,23-8)6-16-4-3-9(17)15-13(16)20/h3-4,7-8,10-11H,5-6H2,1-2H3,(H,18,19)(H,15,17,20)/t7?,8-,10+,11+,14+/m1/s1. The molecule has 1 unspecified atom stereocenters. The Morgan fingerprint density at radius 3 is 2.96 bits per heavy atom. The largest absolute Gasteiger partial charge is 0.480 e. The first-order chi connectivity index (χ1) is 11.4. The minimum absolute atomic E-state index is 0.0654. The van der Waals surface area contributed by atoms with E-state index >= 15 is 0 Å². The van der Waals surface area contributed by atoms with Crippen molar-refractivity contribution in [1.29, 1.82) is 0 Å². The minimum atomic E-state index is -1.13. The second-order valence-corrected chi connectivity index (χ2v) is 7.12. The van der Waals surface area contributed by atoms with Crippen LogP contribution >= 0.6 is 11.8 Å². The monoisotopic (exact) mass is 358 g/mol. The number of rotatable bonds is 7. The molecule has 0 aromatic carbocycles. The summed E-state index contributed by atoms with van der Waals surface area (Å²) in [5.41, 5.74) is -1.04. The number of hydrogen-bond donors (Lipinski definition) is 2.